The van der Waals surface area contributed by atoms with Gasteiger partial charge in [0.2, 0.25) is 5.91 Å². The Balaban J connectivity index is 1.34. The number of carbonyl (C=O) groups excluding carboxylic acids is 1. The molecule has 134 valence electrons. The zero-order valence-electron chi connectivity index (χ0n) is 14.4. The fraction of sp³-hybridized carbons (Fsp3) is 0.611. The maximum Gasteiger partial charge on any atom is 0.224 e. The van der Waals surface area contributed by atoms with E-state index in [1.54, 1.807) is 16.9 Å². The molecule has 7 nitrogen and oxygen atoms in total. The smallest absolute Gasteiger partial charge is 0.224 e. The van der Waals surface area contributed by atoms with Gasteiger partial charge >= 0.3 is 0 Å². The summed E-state index contributed by atoms with van der Waals surface area (Å²) >= 11 is 0. The standard InChI is InChI=1S/C18H25N5O2/c24-18(20-11-15-12-21-23-8-2-6-19-17(15)23)14-3-1-7-22(13-14)16-4-9-25-10-5-16/h2,6,8,12,14,16H,1,3-5,7,9-11,13H2,(H,20,24)/t14-/m0/s1. The lowest BCUT2D eigenvalue weighted by atomic mass is 9.94. The van der Waals surface area contributed by atoms with Gasteiger partial charge in [-0.1, -0.05) is 0 Å². The number of nitrogens with one attached hydrogen (secondary N) is 1. The van der Waals surface area contributed by atoms with Gasteiger partial charge in [-0.05, 0) is 38.3 Å². The minimum Gasteiger partial charge on any atom is -0.381 e. The average Bonchev–Trinajstić information content (AvgIpc) is 3.10. The van der Waals surface area contributed by atoms with Gasteiger partial charge in [0.1, 0.15) is 0 Å². The van der Waals surface area contributed by atoms with Gasteiger partial charge in [0.25, 0.3) is 0 Å². The molecule has 1 N–H and O–H groups in total. The first-order valence-corrected chi connectivity index (χ1v) is 9.18. The van der Waals surface area contributed by atoms with E-state index in [-0.39, 0.29) is 11.8 Å². The summed E-state index contributed by atoms with van der Waals surface area (Å²) in [4.78, 5) is 19.5. The maximum absolute atomic E-state index is 12.6. The van der Waals surface area contributed by atoms with Gasteiger partial charge in [-0.2, -0.15) is 5.10 Å². The zero-order chi connectivity index (χ0) is 17.1. The molecule has 0 bridgehead atoms. The summed E-state index contributed by atoms with van der Waals surface area (Å²) in [6, 6.07) is 2.42. The molecule has 4 heterocycles. The van der Waals surface area contributed by atoms with E-state index in [1.807, 2.05) is 12.3 Å². The average molecular weight is 343 g/mol. The molecule has 0 saturated carbocycles. The zero-order valence-corrected chi connectivity index (χ0v) is 14.4. The summed E-state index contributed by atoms with van der Waals surface area (Å²) in [6.45, 7) is 4.14. The Kier molecular flexibility index (Phi) is 4.94. The number of carbonyl (C=O) groups is 1. The molecule has 2 aliphatic heterocycles. The lowest BCUT2D eigenvalue weighted by Gasteiger charge is -2.39. The topological polar surface area (TPSA) is 71.8 Å². The molecule has 0 spiro atoms. The lowest BCUT2D eigenvalue weighted by Crippen LogP contribution is -2.48. The highest BCUT2D eigenvalue weighted by Gasteiger charge is 2.30. The van der Waals surface area contributed by atoms with Crippen molar-refractivity contribution in [2.75, 3.05) is 26.3 Å². The summed E-state index contributed by atoms with van der Waals surface area (Å²) in [5.74, 6) is 0.221. The van der Waals surface area contributed by atoms with Gasteiger partial charge in [-0.15, -0.1) is 0 Å². The summed E-state index contributed by atoms with van der Waals surface area (Å²) in [6.07, 6.45) is 9.62. The molecule has 2 saturated heterocycles. The number of nitrogens with zero attached hydrogens (tertiary/aromatic N) is 4. The molecule has 2 aliphatic rings. The van der Waals surface area contributed by atoms with Crippen molar-refractivity contribution in [2.24, 2.45) is 5.92 Å². The first-order valence-electron chi connectivity index (χ1n) is 9.18. The number of aromatic nitrogens is 3. The molecule has 2 aromatic rings. The third kappa shape index (κ3) is 3.67. The van der Waals surface area contributed by atoms with Gasteiger partial charge < -0.3 is 10.1 Å². The minimum atomic E-state index is 0.0754. The fourth-order valence-corrected chi connectivity index (χ4v) is 3.93. The highest BCUT2D eigenvalue weighted by atomic mass is 16.5. The molecular weight excluding hydrogens is 318 g/mol. The van der Waals surface area contributed by atoms with Crippen LogP contribution >= 0.6 is 0 Å². The summed E-state index contributed by atoms with van der Waals surface area (Å²) in [7, 11) is 0. The number of hydrogen-bond acceptors (Lipinski definition) is 5. The molecule has 0 unspecified atom stereocenters. The molecule has 2 aromatic heterocycles. The van der Waals surface area contributed by atoms with Crippen LogP contribution in [0.1, 0.15) is 31.2 Å². The highest BCUT2D eigenvalue weighted by molar-refractivity contribution is 5.79. The second-order valence-electron chi connectivity index (χ2n) is 6.95. The fourth-order valence-electron chi connectivity index (χ4n) is 3.93. The Labute approximate surface area is 147 Å². The Morgan fingerprint density at radius 2 is 2.20 bits per heavy atom. The van der Waals surface area contributed by atoms with E-state index < -0.39 is 0 Å². The number of amides is 1. The highest BCUT2D eigenvalue weighted by Crippen LogP contribution is 2.23. The first kappa shape index (κ1) is 16.5. The number of hydrogen-bond donors (Lipinski definition) is 1. The SMILES string of the molecule is O=C(NCc1cnn2cccnc12)[C@H]1CCCN(C2CCOCC2)C1. The second-order valence-corrected chi connectivity index (χ2v) is 6.95. The Morgan fingerprint density at radius 1 is 1.32 bits per heavy atom. The van der Waals surface area contributed by atoms with Crippen LogP contribution in [0.2, 0.25) is 0 Å². The van der Waals surface area contributed by atoms with Crippen LogP contribution in [0.15, 0.2) is 24.7 Å². The van der Waals surface area contributed by atoms with E-state index >= 15 is 0 Å². The third-order valence-corrected chi connectivity index (χ3v) is 5.34. The van der Waals surface area contributed by atoms with E-state index in [4.69, 9.17) is 4.74 Å². The van der Waals surface area contributed by atoms with Crippen LogP contribution in [-0.2, 0) is 16.1 Å². The summed E-state index contributed by atoms with van der Waals surface area (Å²) < 4.78 is 7.19. The molecule has 4 rings (SSSR count). The van der Waals surface area contributed by atoms with Gasteiger partial charge in [0.05, 0.1) is 12.1 Å². The monoisotopic (exact) mass is 343 g/mol. The van der Waals surface area contributed by atoms with Gasteiger partial charge in [0, 0.05) is 50.3 Å². The van der Waals surface area contributed by atoms with Crippen LogP contribution in [-0.4, -0.2) is 57.8 Å². The van der Waals surface area contributed by atoms with Crippen molar-refractivity contribution in [3.63, 3.8) is 0 Å². The number of fused-ring (bicyclic) bond motifs is 1. The van der Waals surface area contributed by atoms with Crippen LogP contribution in [0.25, 0.3) is 5.65 Å². The summed E-state index contributed by atoms with van der Waals surface area (Å²) in [5, 5.41) is 7.35. The minimum absolute atomic E-state index is 0.0754. The Hall–Kier alpha value is -1.99. The molecule has 1 atom stereocenters. The maximum atomic E-state index is 12.6. The van der Waals surface area contributed by atoms with Gasteiger partial charge in [0.15, 0.2) is 5.65 Å². The van der Waals surface area contributed by atoms with Crippen LogP contribution in [0, 0.1) is 5.92 Å². The van der Waals surface area contributed by atoms with Crippen LogP contribution in [0.5, 0.6) is 0 Å². The molecule has 2 fully saturated rings. The number of likely N-dealkylation sites (tertiary alicyclic amines) is 1. The largest absolute Gasteiger partial charge is 0.381 e. The second kappa shape index (κ2) is 7.49. The van der Waals surface area contributed by atoms with Crippen LogP contribution < -0.4 is 5.32 Å². The van der Waals surface area contributed by atoms with Crippen molar-refractivity contribution in [3.05, 3.63) is 30.2 Å². The quantitative estimate of drug-likeness (QED) is 0.904. The Morgan fingerprint density at radius 3 is 3.08 bits per heavy atom. The molecule has 1 amide bonds. The first-order chi connectivity index (χ1) is 12.3. The van der Waals surface area contributed by atoms with E-state index in [0.717, 1.165) is 63.2 Å². The van der Waals surface area contributed by atoms with Crippen LogP contribution in [0.3, 0.4) is 0 Å². The predicted molar refractivity (Wildman–Crippen MR) is 93.0 cm³/mol. The number of piperidine rings is 1. The molecule has 0 aromatic carbocycles. The van der Waals surface area contributed by atoms with Crippen molar-refractivity contribution in [1.82, 2.24) is 24.8 Å². The molecule has 25 heavy (non-hydrogen) atoms. The molecule has 7 heteroatoms. The van der Waals surface area contributed by atoms with Crippen LogP contribution in [0.4, 0.5) is 0 Å². The van der Waals surface area contributed by atoms with Crippen molar-refractivity contribution in [1.29, 1.82) is 0 Å². The normalized spacial score (nSPS) is 23.0. The van der Waals surface area contributed by atoms with Crippen molar-refractivity contribution < 1.29 is 9.53 Å². The van der Waals surface area contributed by atoms with Crippen molar-refractivity contribution in [3.8, 4) is 0 Å². The number of rotatable bonds is 4. The van der Waals surface area contributed by atoms with E-state index in [9.17, 15) is 4.79 Å². The molecule has 0 radical (unpaired) electrons. The third-order valence-electron chi connectivity index (χ3n) is 5.34. The summed E-state index contributed by atoms with van der Waals surface area (Å²) in [5.41, 5.74) is 1.75. The Bertz CT molecular complexity index is 725. The van der Waals surface area contributed by atoms with E-state index in [2.05, 4.69) is 20.3 Å². The predicted octanol–water partition coefficient (Wildman–Crippen LogP) is 1.24. The van der Waals surface area contributed by atoms with E-state index in [1.165, 1.54) is 0 Å². The van der Waals surface area contributed by atoms with Gasteiger partial charge in [-0.25, -0.2) is 9.50 Å². The number of ether oxygens (including phenoxy) is 1. The lowest BCUT2D eigenvalue weighted by molar-refractivity contribution is -0.127. The molecule has 0 aliphatic carbocycles. The van der Waals surface area contributed by atoms with E-state index in [0.29, 0.717) is 12.6 Å². The molecular formula is C18H25N5O2. The van der Waals surface area contributed by atoms with Crippen molar-refractivity contribution in [2.45, 2.75) is 38.3 Å². The van der Waals surface area contributed by atoms with Crippen molar-refractivity contribution >= 4 is 11.6 Å². The van der Waals surface area contributed by atoms with Gasteiger partial charge in [-0.3, -0.25) is 9.69 Å².